The maximum atomic E-state index is 2.22. The minimum Gasteiger partial charge on any atom is -0.0683 e. The second-order valence-electron chi connectivity index (χ2n) is 7.43. The van der Waals surface area contributed by atoms with Gasteiger partial charge in [-0.2, -0.15) is 0 Å². The fourth-order valence-corrected chi connectivity index (χ4v) is 1.79. The number of rotatable bonds is 6. The molecule has 0 aliphatic carbocycles. The fourth-order valence-electron chi connectivity index (χ4n) is 1.79. The van der Waals surface area contributed by atoms with Crippen LogP contribution in [0, 0.1) is 11.8 Å². The molecule has 0 heteroatoms. The zero-order valence-corrected chi connectivity index (χ0v) is 19.5. The molecule has 0 saturated heterocycles. The Bertz CT molecular complexity index is 434. The smallest absolute Gasteiger partial charge is 0.0276 e. The summed E-state index contributed by atoms with van der Waals surface area (Å²) in [7, 11) is 0. The van der Waals surface area contributed by atoms with Crippen LogP contribution >= 0.6 is 0 Å². The molecule has 0 bridgehead atoms. The van der Waals surface area contributed by atoms with E-state index in [0.717, 1.165) is 11.8 Å². The number of hydrogen-bond donors (Lipinski definition) is 0. The van der Waals surface area contributed by atoms with Crippen LogP contribution < -0.4 is 0 Å². The van der Waals surface area contributed by atoms with Crippen LogP contribution in [-0.4, -0.2) is 0 Å². The Kier molecular flexibility index (Phi) is 21.3. The summed E-state index contributed by atoms with van der Waals surface area (Å²) < 4.78 is 0. The molecular formula is C27H46. The third-order valence-electron chi connectivity index (χ3n) is 4.25. The van der Waals surface area contributed by atoms with Gasteiger partial charge >= 0.3 is 0 Å². The molecule has 0 spiro atoms. The quantitative estimate of drug-likeness (QED) is 0.476. The lowest BCUT2D eigenvalue weighted by Crippen LogP contribution is -1.89. The summed E-state index contributed by atoms with van der Waals surface area (Å²) in [5, 5.41) is 0. The normalized spacial score (nSPS) is 9.41. The van der Waals surface area contributed by atoms with Gasteiger partial charge in [0.2, 0.25) is 0 Å². The topological polar surface area (TPSA) is 0 Å². The molecule has 0 saturated carbocycles. The summed E-state index contributed by atoms with van der Waals surface area (Å²) in [6.45, 7) is 17.3. The molecule has 2 rings (SSSR count). The first-order valence-corrected chi connectivity index (χ1v) is 11.1. The summed E-state index contributed by atoms with van der Waals surface area (Å²) in [5.74, 6) is 1.77. The Morgan fingerprint density at radius 3 is 1.04 bits per heavy atom. The van der Waals surface area contributed by atoms with Crippen molar-refractivity contribution in [1.29, 1.82) is 0 Å². The van der Waals surface area contributed by atoms with Crippen molar-refractivity contribution in [3.63, 3.8) is 0 Å². The Morgan fingerprint density at radius 1 is 0.556 bits per heavy atom. The van der Waals surface area contributed by atoms with E-state index in [0.29, 0.717) is 0 Å². The van der Waals surface area contributed by atoms with Crippen LogP contribution in [0.1, 0.15) is 85.8 Å². The molecule has 27 heavy (non-hydrogen) atoms. The fraction of sp³-hybridized carbons (Fsp3) is 0.556. The van der Waals surface area contributed by atoms with Crippen LogP contribution in [0.25, 0.3) is 0 Å². The highest BCUT2D eigenvalue weighted by atomic mass is 14.0. The van der Waals surface area contributed by atoms with Gasteiger partial charge in [0.05, 0.1) is 0 Å². The molecule has 154 valence electrons. The van der Waals surface area contributed by atoms with Crippen LogP contribution in [-0.2, 0) is 12.8 Å². The first-order chi connectivity index (χ1) is 13.0. The molecule has 0 fully saturated rings. The zero-order valence-electron chi connectivity index (χ0n) is 19.5. The van der Waals surface area contributed by atoms with E-state index < -0.39 is 0 Å². The highest BCUT2D eigenvalue weighted by Gasteiger charge is 1.93. The largest absolute Gasteiger partial charge is 0.0683 e. The predicted molar refractivity (Wildman–Crippen MR) is 127 cm³/mol. The summed E-state index contributed by atoms with van der Waals surface area (Å²) in [6.07, 6.45) is 6.19. The first-order valence-electron chi connectivity index (χ1n) is 11.1. The summed E-state index contributed by atoms with van der Waals surface area (Å²) in [4.78, 5) is 0. The van der Waals surface area contributed by atoms with Crippen molar-refractivity contribution >= 4 is 0 Å². The second-order valence-corrected chi connectivity index (χ2v) is 7.43. The Morgan fingerprint density at radius 2 is 0.815 bits per heavy atom. The van der Waals surface area contributed by atoms with Gasteiger partial charge in [-0.15, -0.1) is 0 Å². The van der Waals surface area contributed by atoms with Gasteiger partial charge in [0.1, 0.15) is 0 Å². The van der Waals surface area contributed by atoms with Gasteiger partial charge in [0.15, 0.2) is 0 Å². The molecule has 0 unspecified atom stereocenters. The van der Waals surface area contributed by atoms with E-state index in [1.165, 1.54) is 43.2 Å². The summed E-state index contributed by atoms with van der Waals surface area (Å²) in [5.41, 5.74) is 2.88. The van der Waals surface area contributed by atoms with Crippen molar-refractivity contribution in [3.8, 4) is 0 Å². The SMILES string of the molecule is CC.CCC(C)C.CCC(C)C.c1ccc(CCCc2ccccc2)cc1. The molecule has 0 amide bonds. The molecule has 0 aliphatic rings. The Balaban J connectivity index is 0. The van der Waals surface area contributed by atoms with E-state index in [1.807, 2.05) is 13.8 Å². The third-order valence-corrected chi connectivity index (χ3v) is 4.25. The van der Waals surface area contributed by atoms with Crippen molar-refractivity contribution in [2.75, 3.05) is 0 Å². The minimum absolute atomic E-state index is 0.884. The van der Waals surface area contributed by atoms with Gasteiger partial charge in [0.25, 0.3) is 0 Å². The molecule has 0 N–H and O–H groups in total. The maximum Gasteiger partial charge on any atom is -0.0276 e. The molecule has 0 nitrogen and oxygen atoms in total. The van der Waals surface area contributed by atoms with Crippen molar-refractivity contribution in [2.24, 2.45) is 11.8 Å². The van der Waals surface area contributed by atoms with E-state index >= 15 is 0 Å². The summed E-state index contributed by atoms with van der Waals surface area (Å²) >= 11 is 0. The van der Waals surface area contributed by atoms with E-state index in [2.05, 4.69) is 102 Å². The molecule has 2 aromatic rings. The molecular weight excluding hydrogens is 324 g/mol. The Hall–Kier alpha value is -1.56. The third kappa shape index (κ3) is 20.6. The van der Waals surface area contributed by atoms with E-state index in [4.69, 9.17) is 0 Å². The van der Waals surface area contributed by atoms with Crippen LogP contribution in [0.2, 0.25) is 0 Å². The average Bonchev–Trinajstić information content (AvgIpc) is 2.72. The predicted octanol–water partition coefficient (Wildman–Crippen LogP) is 8.99. The van der Waals surface area contributed by atoms with Crippen molar-refractivity contribution < 1.29 is 0 Å². The van der Waals surface area contributed by atoms with Crippen LogP contribution in [0.3, 0.4) is 0 Å². The van der Waals surface area contributed by atoms with Gasteiger partial charge in [-0.05, 0) is 42.2 Å². The Labute approximate surface area is 171 Å². The average molecular weight is 371 g/mol. The van der Waals surface area contributed by atoms with Crippen LogP contribution in [0.4, 0.5) is 0 Å². The van der Waals surface area contributed by atoms with E-state index in [-0.39, 0.29) is 0 Å². The zero-order chi connectivity index (χ0) is 20.9. The first kappa shape index (κ1) is 27.7. The maximum absolute atomic E-state index is 2.22. The van der Waals surface area contributed by atoms with Crippen LogP contribution in [0.15, 0.2) is 60.7 Å². The summed E-state index contributed by atoms with van der Waals surface area (Å²) in [6, 6.07) is 21.4. The second kappa shape index (κ2) is 20.7. The van der Waals surface area contributed by atoms with Gasteiger partial charge in [-0.1, -0.05) is 129 Å². The van der Waals surface area contributed by atoms with Gasteiger partial charge in [0, 0.05) is 0 Å². The molecule has 0 aliphatic heterocycles. The monoisotopic (exact) mass is 370 g/mol. The van der Waals surface area contributed by atoms with Gasteiger partial charge < -0.3 is 0 Å². The van der Waals surface area contributed by atoms with Crippen LogP contribution in [0.5, 0.6) is 0 Å². The molecule has 0 atom stereocenters. The molecule has 2 aromatic carbocycles. The highest BCUT2D eigenvalue weighted by Crippen LogP contribution is 2.07. The van der Waals surface area contributed by atoms with Gasteiger partial charge in [-0.25, -0.2) is 0 Å². The molecule has 0 heterocycles. The molecule has 0 aromatic heterocycles. The van der Waals surface area contributed by atoms with Crippen molar-refractivity contribution in [2.45, 2.75) is 87.5 Å². The minimum atomic E-state index is 0.884. The number of aryl methyl sites for hydroxylation is 2. The van der Waals surface area contributed by atoms with Gasteiger partial charge in [-0.3, -0.25) is 0 Å². The lowest BCUT2D eigenvalue weighted by molar-refractivity contribution is 0.626. The number of hydrogen-bond acceptors (Lipinski definition) is 0. The highest BCUT2D eigenvalue weighted by molar-refractivity contribution is 5.17. The van der Waals surface area contributed by atoms with Crippen molar-refractivity contribution in [3.05, 3.63) is 71.8 Å². The van der Waals surface area contributed by atoms with E-state index in [1.54, 1.807) is 0 Å². The number of benzene rings is 2. The lowest BCUT2D eigenvalue weighted by Gasteiger charge is -2.01. The standard InChI is InChI=1S/C15H16.2C5H12.C2H6/c1-3-8-14(9-4-1)12-7-13-15-10-5-2-6-11-15;2*1-4-5(2)3;1-2/h1-6,8-11H,7,12-13H2;2*5H,4H2,1-3H3;1-2H3. The van der Waals surface area contributed by atoms with Crippen molar-refractivity contribution in [1.82, 2.24) is 0 Å². The molecule has 0 radical (unpaired) electrons. The lowest BCUT2D eigenvalue weighted by atomic mass is 10.0. The van der Waals surface area contributed by atoms with E-state index in [9.17, 15) is 0 Å².